The summed E-state index contributed by atoms with van der Waals surface area (Å²) in [6.07, 6.45) is -2.80. The van der Waals surface area contributed by atoms with Crippen molar-refractivity contribution < 1.29 is 27.1 Å². The summed E-state index contributed by atoms with van der Waals surface area (Å²) >= 11 is 0. The molecule has 0 aliphatic carbocycles. The molecule has 8 heteroatoms. The van der Waals surface area contributed by atoms with E-state index in [9.17, 15) is 22.0 Å². The Bertz CT molecular complexity index is 586. The number of carboxylic acid groups (broad SMARTS) is 1. The summed E-state index contributed by atoms with van der Waals surface area (Å²) in [7, 11) is -3.11. The molecule has 5 nitrogen and oxygen atoms in total. The Labute approximate surface area is 109 Å². The van der Waals surface area contributed by atoms with Crippen LogP contribution in [0, 0.1) is 6.92 Å². The quantitative estimate of drug-likeness (QED) is 0.894. The van der Waals surface area contributed by atoms with Crippen molar-refractivity contribution in [3.63, 3.8) is 0 Å². The van der Waals surface area contributed by atoms with Gasteiger partial charge < -0.3 is 5.11 Å². The summed E-state index contributed by atoms with van der Waals surface area (Å²) in [5.41, 5.74) is 0.0840. The molecule has 1 rings (SSSR count). The second kappa shape index (κ2) is 5.62. The van der Waals surface area contributed by atoms with Crippen molar-refractivity contribution in [2.45, 2.75) is 18.2 Å². The normalized spacial score (nSPS) is 12.1. The van der Waals surface area contributed by atoms with Gasteiger partial charge in [-0.2, -0.15) is 4.31 Å². The maximum absolute atomic E-state index is 12.2. The fourth-order valence-electron chi connectivity index (χ4n) is 1.47. The molecule has 0 heterocycles. The number of carbonyl (C=O) groups is 1. The van der Waals surface area contributed by atoms with E-state index < -0.39 is 29.0 Å². The van der Waals surface area contributed by atoms with Crippen LogP contribution in [0.2, 0.25) is 0 Å². The van der Waals surface area contributed by atoms with Crippen molar-refractivity contribution in [2.75, 3.05) is 13.6 Å². The summed E-state index contributed by atoms with van der Waals surface area (Å²) in [6, 6.07) is 3.55. The lowest BCUT2D eigenvalue weighted by Gasteiger charge is -2.18. The summed E-state index contributed by atoms with van der Waals surface area (Å²) in [5.74, 6) is -1.28. The highest BCUT2D eigenvalue weighted by atomic mass is 32.2. The SMILES string of the molecule is Cc1ccc(C(=O)O)cc1S(=O)(=O)N(C)CC(F)F. The first-order chi connectivity index (χ1) is 8.66. The van der Waals surface area contributed by atoms with E-state index >= 15 is 0 Å². The number of aromatic carboxylic acids is 1. The van der Waals surface area contributed by atoms with Crippen LogP contribution in [0.3, 0.4) is 0 Å². The first-order valence-corrected chi connectivity index (χ1v) is 6.68. The maximum atomic E-state index is 12.2. The van der Waals surface area contributed by atoms with Gasteiger partial charge in [-0.3, -0.25) is 0 Å². The van der Waals surface area contributed by atoms with Gasteiger partial charge in [-0.15, -0.1) is 0 Å². The number of benzene rings is 1. The summed E-state index contributed by atoms with van der Waals surface area (Å²) in [4.78, 5) is 10.5. The van der Waals surface area contributed by atoms with E-state index in [2.05, 4.69) is 0 Å². The van der Waals surface area contributed by atoms with Gasteiger partial charge in [0.25, 0.3) is 6.43 Å². The number of sulfonamides is 1. The standard InChI is InChI=1S/C11H13F2NO4S/c1-7-3-4-8(11(15)16)5-9(7)19(17,18)14(2)6-10(12)13/h3-5,10H,6H2,1-2H3,(H,15,16). The van der Waals surface area contributed by atoms with Crippen molar-refractivity contribution in [3.05, 3.63) is 29.3 Å². The van der Waals surface area contributed by atoms with E-state index in [-0.39, 0.29) is 10.5 Å². The fourth-order valence-corrected chi connectivity index (χ4v) is 2.87. The molecule has 0 aliphatic heterocycles. The Morgan fingerprint density at radius 1 is 1.42 bits per heavy atom. The molecule has 0 bridgehead atoms. The van der Waals surface area contributed by atoms with Gasteiger partial charge >= 0.3 is 5.97 Å². The Morgan fingerprint density at radius 3 is 2.47 bits per heavy atom. The smallest absolute Gasteiger partial charge is 0.335 e. The van der Waals surface area contributed by atoms with Gasteiger partial charge in [-0.25, -0.2) is 22.0 Å². The number of alkyl halides is 2. The highest BCUT2D eigenvalue weighted by molar-refractivity contribution is 7.89. The van der Waals surface area contributed by atoms with Gasteiger partial charge in [0.1, 0.15) is 0 Å². The third-order valence-electron chi connectivity index (χ3n) is 2.52. The first kappa shape index (κ1) is 15.5. The molecule has 0 amide bonds. The van der Waals surface area contributed by atoms with E-state index in [1.807, 2.05) is 0 Å². The Morgan fingerprint density at radius 2 is 2.00 bits per heavy atom. The molecule has 1 aromatic carbocycles. The first-order valence-electron chi connectivity index (χ1n) is 5.24. The van der Waals surface area contributed by atoms with E-state index in [0.717, 1.165) is 13.1 Å². The number of nitrogens with zero attached hydrogens (tertiary/aromatic N) is 1. The van der Waals surface area contributed by atoms with Gasteiger partial charge in [-0.1, -0.05) is 6.07 Å². The van der Waals surface area contributed by atoms with Crippen molar-refractivity contribution in [3.8, 4) is 0 Å². The second-order valence-electron chi connectivity index (χ2n) is 3.96. The van der Waals surface area contributed by atoms with Crippen LogP contribution in [0.15, 0.2) is 23.1 Å². The molecule has 0 spiro atoms. The van der Waals surface area contributed by atoms with Gasteiger partial charge in [0.2, 0.25) is 10.0 Å². The van der Waals surface area contributed by atoms with E-state index in [1.165, 1.54) is 19.1 Å². The van der Waals surface area contributed by atoms with E-state index in [0.29, 0.717) is 9.87 Å². The molecule has 106 valence electrons. The van der Waals surface area contributed by atoms with Crippen LogP contribution in [0.5, 0.6) is 0 Å². The lowest BCUT2D eigenvalue weighted by Crippen LogP contribution is -2.32. The van der Waals surface area contributed by atoms with Crippen LogP contribution in [0.25, 0.3) is 0 Å². The topological polar surface area (TPSA) is 74.7 Å². The fraction of sp³-hybridized carbons (Fsp3) is 0.364. The van der Waals surface area contributed by atoms with Gasteiger partial charge in [0, 0.05) is 7.05 Å². The Balaban J connectivity index is 3.28. The van der Waals surface area contributed by atoms with Crippen molar-refractivity contribution >= 4 is 16.0 Å². The largest absolute Gasteiger partial charge is 0.478 e. The van der Waals surface area contributed by atoms with Gasteiger partial charge in [0.15, 0.2) is 0 Å². The van der Waals surface area contributed by atoms with Crippen LogP contribution >= 0.6 is 0 Å². The average Bonchev–Trinajstić information content (AvgIpc) is 2.27. The van der Waals surface area contributed by atoms with Crippen LogP contribution in [-0.2, 0) is 10.0 Å². The molecular formula is C11H13F2NO4S. The van der Waals surface area contributed by atoms with Gasteiger partial charge in [-0.05, 0) is 24.6 Å². The molecule has 0 aromatic heterocycles. The van der Waals surface area contributed by atoms with Crippen LogP contribution in [0.4, 0.5) is 8.78 Å². The third kappa shape index (κ3) is 3.48. The lowest BCUT2D eigenvalue weighted by atomic mass is 10.1. The van der Waals surface area contributed by atoms with Crippen LogP contribution in [0.1, 0.15) is 15.9 Å². The molecule has 0 radical (unpaired) electrons. The van der Waals surface area contributed by atoms with Crippen molar-refractivity contribution in [1.29, 1.82) is 0 Å². The zero-order valence-corrected chi connectivity index (χ0v) is 11.1. The number of halogens is 2. The molecule has 0 aliphatic rings. The minimum Gasteiger partial charge on any atom is -0.478 e. The molecule has 0 saturated heterocycles. The van der Waals surface area contributed by atoms with E-state index in [1.54, 1.807) is 0 Å². The predicted octanol–water partition coefficient (Wildman–Crippen LogP) is 1.58. The van der Waals surface area contributed by atoms with Crippen molar-refractivity contribution in [2.24, 2.45) is 0 Å². The third-order valence-corrected chi connectivity index (χ3v) is 4.48. The molecular weight excluding hydrogens is 280 g/mol. The van der Waals surface area contributed by atoms with Gasteiger partial charge in [0.05, 0.1) is 17.0 Å². The zero-order valence-electron chi connectivity index (χ0n) is 10.3. The number of carboxylic acids is 1. The Hall–Kier alpha value is -1.54. The minimum atomic E-state index is -4.13. The summed E-state index contributed by atoms with van der Waals surface area (Å²) in [6.45, 7) is 0.522. The molecule has 1 N–H and O–H groups in total. The van der Waals surface area contributed by atoms with Crippen LogP contribution < -0.4 is 0 Å². The molecule has 0 fully saturated rings. The number of rotatable bonds is 5. The monoisotopic (exact) mass is 293 g/mol. The van der Waals surface area contributed by atoms with E-state index in [4.69, 9.17) is 5.11 Å². The predicted molar refractivity (Wildman–Crippen MR) is 64.0 cm³/mol. The minimum absolute atomic E-state index is 0.213. The second-order valence-corrected chi connectivity index (χ2v) is 5.98. The number of hydrogen-bond donors (Lipinski definition) is 1. The molecule has 1 aromatic rings. The highest BCUT2D eigenvalue weighted by Gasteiger charge is 2.26. The number of hydrogen-bond acceptors (Lipinski definition) is 3. The molecule has 0 saturated carbocycles. The Kier molecular flexibility index (Phi) is 4.59. The molecule has 0 unspecified atom stereocenters. The maximum Gasteiger partial charge on any atom is 0.335 e. The van der Waals surface area contributed by atoms with Crippen molar-refractivity contribution in [1.82, 2.24) is 4.31 Å². The molecule has 0 atom stereocenters. The lowest BCUT2D eigenvalue weighted by molar-refractivity contribution is 0.0696. The number of aryl methyl sites for hydroxylation is 1. The summed E-state index contributed by atoms with van der Waals surface area (Å²) in [5, 5.41) is 8.82. The average molecular weight is 293 g/mol. The molecule has 19 heavy (non-hydrogen) atoms. The van der Waals surface area contributed by atoms with Crippen LogP contribution in [-0.4, -0.2) is 43.8 Å². The summed E-state index contributed by atoms with van der Waals surface area (Å²) < 4.78 is 49.1. The highest BCUT2D eigenvalue weighted by Crippen LogP contribution is 2.21. The zero-order chi connectivity index (χ0) is 14.8.